The molecule has 0 aromatic carbocycles. The van der Waals surface area contributed by atoms with Gasteiger partial charge in [0.2, 0.25) is 0 Å². The summed E-state index contributed by atoms with van der Waals surface area (Å²) in [6.07, 6.45) is 9.08. The van der Waals surface area contributed by atoms with E-state index in [1.165, 1.54) is 44.9 Å². The zero-order valence-corrected chi connectivity index (χ0v) is 24.4. The van der Waals surface area contributed by atoms with Gasteiger partial charge in [0, 0.05) is 11.1 Å². The van der Waals surface area contributed by atoms with Gasteiger partial charge in [-0.25, -0.2) is 0 Å². The van der Waals surface area contributed by atoms with Crippen LogP contribution in [0.15, 0.2) is 0 Å². The fraction of sp³-hybridized carbons (Fsp3) is 1.00. The standard InChI is InChI=1S/C29H62N2/c1-24(2,3)29(14,19-17-23-31-26(7,8)9)21-20-28(12,13)27(10,11)18-15-16-22-30-25(4,5)6/h30-31H,15-23H2,1-14H3. The van der Waals surface area contributed by atoms with E-state index in [9.17, 15) is 0 Å². The summed E-state index contributed by atoms with van der Waals surface area (Å²) in [7, 11) is 0. The smallest absolute Gasteiger partial charge is 0.00965 e. The molecular formula is C29H62N2. The van der Waals surface area contributed by atoms with Gasteiger partial charge in [-0.05, 0) is 115 Å². The fourth-order valence-corrected chi connectivity index (χ4v) is 4.24. The van der Waals surface area contributed by atoms with Crippen LogP contribution in [0, 0.1) is 21.7 Å². The first-order chi connectivity index (χ1) is 13.6. The molecule has 2 heteroatoms. The maximum atomic E-state index is 3.68. The minimum atomic E-state index is 0.215. The van der Waals surface area contributed by atoms with E-state index >= 15 is 0 Å². The van der Waals surface area contributed by atoms with Crippen LogP contribution in [0.1, 0.15) is 142 Å². The number of unbranched alkanes of at least 4 members (excludes halogenated alkanes) is 1. The van der Waals surface area contributed by atoms with Crippen molar-refractivity contribution in [1.82, 2.24) is 10.6 Å². The van der Waals surface area contributed by atoms with Crippen LogP contribution in [0.2, 0.25) is 0 Å². The lowest BCUT2D eigenvalue weighted by atomic mass is 9.57. The summed E-state index contributed by atoms with van der Waals surface area (Å²) >= 11 is 0. The van der Waals surface area contributed by atoms with E-state index < -0.39 is 0 Å². The van der Waals surface area contributed by atoms with E-state index in [2.05, 4.69) is 108 Å². The first-order valence-corrected chi connectivity index (χ1v) is 13.1. The van der Waals surface area contributed by atoms with Crippen LogP contribution in [-0.2, 0) is 0 Å². The van der Waals surface area contributed by atoms with E-state index in [1.54, 1.807) is 0 Å². The van der Waals surface area contributed by atoms with Crippen LogP contribution in [0.3, 0.4) is 0 Å². The highest BCUT2D eigenvalue weighted by Crippen LogP contribution is 2.52. The topological polar surface area (TPSA) is 24.1 Å². The number of hydrogen-bond acceptors (Lipinski definition) is 2. The second-order valence-corrected chi connectivity index (χ2v) is 15.0. The third-order valence-electron chi connectivity index (χ3n) is 8.39. The van der Waals surface area contributed by atoms with Crippen molar-refractivity contribution in [3.8, 4) is 0 Å². The molecule has 0 spiro atoms. The van der Waals surface area contributed by atoms with Crippen molar-refractivity contribution in [3.63, 3.8) is 0 Å². The van der Waals surface area contributed by atoms with E-state index in [0.29, 0.717) is 21.7 Å². The SMILES string of the molecule is CC(C)(C)NCCCCC(C)(C)C(C)(C)CCC(C)(CCCNC(C)(C)C)C(C)(C)C. The quantitative estimate of drug-likeness (QED) is 0.281. The fourth-order valence-electron chi connectivity index (χ4n) is 4.24. The molecule has 31 heavy (non-hydrogen) atoms. The normalized spacial score (nSPS) is 16.5. The molecule has 0 bridgehead atoms. The zero-order chi connectivity index (χ0) is 24.8. The lowest BCUT2D eigenvalue weighted by Crippen LogP contribution is -2.40. The van der Waals surface area contributed by atoms with Gasteiger partial charge in [-0.15, -0.1) is 0 Å². The molecule has 2 N–H and O–H groups in total. The van der Waals surface area contributed by atoms with Crippen LogP contribution >= 0.6 is 0 Å². The van der Waals surface area contributed by atoms with Crippen molar-refractivity contribution in [1.29, 1.82) is 0 Å². The van der Waals surface area contributed by atoms with Gasteiger partial charge in [-0.1, -0.05) is 61.8 Å². The molecule has 188 valence electrons. The van der Waals surface area contributed by atoms with Crippen molar-refractivity contribution >= 4 is 0 Å². The highest BCUT2D eigenvalue weighted by molar-refractivity contribution is 4.92. The van der Waals surface area contributed by atoms with Crippen molar-refractivity contribution in [2.24, 2.45) is 21.7 Å². The number of hydrogen-bond donors (Lipinski definition) is 2. The molecule has 0 aromatic rings. The van der Waals surface area contributed by atoms with E-state index in [0.717, 1.165) is 13.1 Å². The van der Waals surface area contributed by atoms with Gasteiger partial charge in [-0.3, -0.25) is 0 Å². The van der Waals surface area contributed by atoms with Crippen LogP contribution in [0.25, 0.3) is 0 Å². The maximum absolute atomic E-state index is 3.68. The number of rotatable bonds is 13. The van der Waals surface area contributed by atoms with Gasteiger partial charge in [0.25, 0.3) is 0 Å². The summed E-state index contributed by atoms with van der Waals surface area (Å²) in [6.45, 7) is 35.7. The Bertz CT molecular complexity index is 496. The summed E-state index contributed by atoms with van der Waals surface area (Å²) < 4.78 is 0. The highest BCUT2D eigenvalue weighted by atomic mass is 14.9. The summed E-state index contributed by atoms with van der Waals surface area (Å²) in [5.74, 6) is 0. The van der Waals surface area contributed by atoms with E-state index in [4.69, 9.17) is 0 Å². The Morgan fingerprint density at radius 2 is 0.839 bits per heavy atom. The monoisotopic (exact) mass is 438 g/mol. The third-order valence-corrected chi connectivity index (χ3v) is 8.39. The Morgan fingerprint density at radius 3 is 1.26 bits per heavy atom. The average Bonchev–Trinajstić information content (AvgIpc) is 2.53. The molecule has 2 nitrogen and oxygen atoms in total. The molecule has 0 saturated carbocycles. The van der Waals surface area contributed by atoms with E-state index in [1.807, 2.05) is 0 Å². The van der Waals surface area contributed by atoms with Crippen molar-refractivity contribution in [2.45, 2.75) is 153 Å². The van der Waals surface area contributed by atoms with Crippen LogP contribution in [-0.4, -0.2) is 24.2 Å². The lowest BCUT2D eigenvalue weighted by molar-refractivity contribution is 0.0258. The summed E-state index contributed by atoms with van der Waals surface area (Å²) in [6, 6.07) is 0. The maximum Gasteiger partial charge on any atom is 0.00965 e. The van der Waals surface area contributed by atoms with Crippen LogP contribution in [0.5, 0.6) is 0 Å². The molecule has 0 aliphatic rings. The van der Waals surface area contributed by atoms with Gasteiger partial charge in [0.05, 0.1) is 0 Å². The van der Waals surface area contributed by atoms with Gasteiger partial charge < -0.3 is 10.6 Å². The van der Waals surface area contributed by atoms with Crippen LogP contribution < -0.4 is 10.6 Å². The van der Waals surface area contributed by atoms with Gasteiger partial charge >= 0.3 is 0 Å². The molecule has 0 radical (unpaired) electrons. The molecule has 0 aromatic heterocycles. The molecule has 0 saturated heterocycles. The Kier molecular flexibility index (Phi) is 11.3. The Balaban J connectivity index is 4.85. The molecule has 0 heterocycles. The Labute approximate surface area is 198 Å². The second-order valence-electron chi connectivity index (χ2n) is 15.0. The molecule has 0 amide bonds. The number of nitrogens with one attached hydrogen (secondary N) is 2. The molecule has 0 fully saturated rings. The first kappa shape index (κ1) is 30.9. The minimum absolute atomic E-state index is 0.215. The van der Waals surface area contributed by atoms with Gasteiger partial charge in [0.1, 0.15) is 0 Å². The first-order valence-electron chi connectivity index (χ1n) is 13.1. The average molecular weight is 439 g/mol. The van der Waals surface area contributed by atoms with Gasteiger partial charge in [-0.2, -0.15) is 0 Å². The highest BCUT2D eigenvalue weighted by Gasteiger charge is 2.41. The van der Waals surface area contributed by atoms with E-state index in [-0.39, 0.29) is 11.1 Å². The van der Waals surface area contributed by atoms with Crippen LogP contribution in [0.4, 0.5) is 0 Å². The van der Waals surface area contributed by atoms with Crippen molar-refractivity contribution in [2.75, 3.05) is 13.1 Å². The molecule has 0 aliphatic carbocycles. The summed E-state index contributed by atoms with van der Waals surface area (Å²) in [4.78, 5) is 0. The minimum Gasteiger partial charge on any atom is -0.312 e. The predicted octanol–water partition coefficient (Wildman–Crippen LogP) is 8.60. The second kappa shape index (κ2) is 11.4. The third kappa shape index (κ3) is 12.1. The molecule has 1 unspecified atom stereocenters. The Morgan fingerprint density at radius 1 is 0.419 bits per heavy atom. The largest absolute Gasteiger partial charge is 0.312 e. The molecule has 1 atom stereocenters. The van der Waals surface area contributed by atoms with Gasteiger partial charge in [0.15, 0.2) is 0 Å². The Hall–Kier alpha value is -0.0800. The molecule has 0 aliphatic heterocycles. The molecular weight excluding hydrogens is 376 g/mol. The predicted molar refractivity (Wildman–Crippen MR) is 143 cm³/mol. The summed E-state index contributed by atoms with van der Waals surface area (Å²) in [5, 5.41) is 7.32. The van der Waals surface area contributed by atoms with Crippen molar-refractivity contribution in [3.05, 3.63) is 0 Å². The van der Waals surface area contributed by atoms with Crippen molar-refractivity contribution < 1.29 is 0 Å². The summed E-state index contributed by atoms with van der Waals surface area (Å²) in [5.41, 5.74) is 1.85. The zero-order valence-electron chi connectivity index (χ0n) is 24.4. The molecule has 0 rings (SSSR count). The lowest BCUT2D eigenvalue weighted by Gasteiger charge is -2.48.